The fourth-order valence-electron chi connectivity index (χ4n) is 1.60. The molecule has 0 saturated heterocycles. The molecule has 0 amide bonds. The van der Waals surface area contributed by atoms with Gasteiger partial charge in [0.15, 0.2) is 6.54 Å². The van der Waals surface area contributed by atoms with E-state index in [0.29, 0.717) is 0 Å². The summed E-state index contributed by atoms with van der Waals surface area (Å²) in [5.74, 6) is 0. The molecule has 2 aromatic rings. The zero-order chi connectivity index (χ0) is 12.1. The molecule has 17 heavy (non-hydrogen) atoms. The molecule has 0 fully saturated rings. The van der Waals surface area contributed by atoms with E-state index in [2.05, 4.69) is 52.7 Å². The summed E-state index contributed by atoms with van der Waals surface area (Å²) in [5.41, 5.74) is 1.09. The summed E-state index contributed by atoms with van der Waals surface area (Å²) in [6.45, 7) is 1.78. The summed E-state index contributed by atoms with van der Waals surface area (Å²) < 4.78 is 0. The van der Waals surface area contributed by atoms with Crippen molar-refractivity contribution in [3.63, 3.8) is 0 Å². The Labute approximate surface area is 106 Å². The maximum atomic E-state index is 4.33. The molecule has 2 rings (SSSR count). The lowest BCUT2D eigenvalue weighted by molar-refractivity contribution is 0.108. The maximum absolute atomic E-state index is 4.33. The van der Waals surface area contributed by atoms with E-state index in [1.54, 1.807) is 11.3 Å². The first-order valence-corrected chi connectivity index (χ1v) is 6.48. The van der Waals surface area contributed by atoms with Gasteiger partial charge in [0.2, 0.25) is 0 Å². The molecule has 0 aromatic carbocycles. The van der Waals surface area contributed by atoms with Crippen molar-refractivity contribution in [3.05, 3.63) is 52.5 Å². The van der Waals surface area contributed by atoms with Crippen LogP contribution in [-0.4, -0.2) is 24.1 Å². The second-order valence-electron chi connectivity index (χ2n) is 4.03. The fourth-order valence-corrected chi connectivity index (χ4v) is 2.35. The monoisotopic (exact) mass is 247 g/mol. The molecule has 0 N–H and O–H groups in total. The van der Waals surface area contributed by atoms with Crippen molar-refractivity contribution < 1.29 is 0 Å². The molecule has 3 nitrogen and oxygen atoms in total. The zero-order valence-electron chi connectivity index (χ0n) is 10.2. The minimum Gasteiger partial charge on any atom is -0.260 e. The topological polar surface area (TPSA) is 22.0 Å². The lowest BCUT2D eigenvalue weighted by atomic mass is 10.3. The first-order valence-electron chi connectivity index (χ1n) is 5.60. The molecule has 2 heterocycles. The maximum Gasteiger partial charge on any atom is 0.179 e. The Hall–Kier alpha value is -1.23. The van der Waals surface area contributed by atoms with Gasteiger partial charge in [-0.2, -0.15) is 0 Å². The molecule has 0 aliphatic heterocycles. The Morgan fingerprint density at radius 3 is 2.82 bits per heavy atom. The molecular weight excluding hydrogens is 230 g/mol. The van der Waals surface area contributed by atoms with E-state index >= 15 is 0 Å². The number of pyridine rings is 1. The van der Waals surface area contributed by atoms with E-state index < -0.39 is 0 Å². The Bertz CT molecular complexity index is 427. The van der Waals surface area contributed by atoms with E-state index in [1.807, 2.05) is 18.3 Å². The van der Waals surface area contributed by atoms with Gasteiger partial charge >= 0.3 is 0 Å². The number of thiophene rings is 1. The molecule has 89 valence electrons. The number of aromatic nitrogens is 1. The van der Waals surface area contributed by atoms with Crippen LogP contribution in [0.3, 0.4) is 0 Å². The largest absolute Gasteiger partial charge is 0.260 e. The number of nitrogens with zero attached hydrogens (tertiary/aromatic N) is 3. The molecule has 1 radical (unpaired) electrons. The molecule has 2 aromatic heterocycles. The van der Waals surface area contributed by atoms with Crippen molar-refractivity contribution in [1.29, 1.82) is 0 Å². The predicted octanol–water partition coefficient (Wildman–Crippen LogP) is 2.46. The fraction of sp³-hybridized carbons (Fsp3) is 0.308. The van der Waals surface area contributed by atoms with Crippen molar-refractivity contribution in [2.24, 2.45) is 0 Å². The van der Waals surface area contributed by atoms with E-state index in [1.165, 1.54) is 4.88 Å². The van der Waals surface area contributed by atoms with Crippen LogP contribution in [0.4, 0.5) is 0 Å². The molecule has 0 unspecified atom stereocenters. The number of hydrogen-bond acceptors (Lipinski definition) is 4. The molecular formula is C13H17N3S+. The van der Waals surface area contributed by atoms with Crippen molar-refractivity contribution in [2.45, 2.75) is 13.1 Å². The van der Waals surface area contributed by atoms with Crippen LogP contribution in [0.1, 0.15) is 10.6 Å². The van der Waals surface area contributed by atoms with Gasteiger partial charge in [0.1, 0.15) is 7.05 Å². The third-order valence-electron chi connectivity index (χ3n) is 2.66. The van der Waals surface area contributed by atoms with Crippen LogP contribution in [-0.2, 0) is 13.1 Å². The van der Waals surface area contributed by atoms with Crippen LogP contribution in [0.5, 0.6) is 0 Å². The Balaban J connectivity index is 1.89. The number of rotatable bonds is 5. The summed E-state index contributed by atoms with van der Waals surface area (Å²) in [7, 11) is 4.19. The third-order valence-corrected chi connectivity index (χ3v) is 3.53. The van der Waals surface area contributed by atoms with Gasteiger partial charge < -0.3 is 0 Å². The molecule has 0 aliphatic carbocycles. The summed E-state index contributed by atoms with van der Waals surface area (Å²) in [4.78, 5) is 5.71. The van der Waals surface area contributed by atoms with E-state index in [-0.39, 0.29) is 0 Å². The highest BCUT2D eigenvalue weighted by molar-refractivity contribution is 7.09. The van der Waals surface area contributed by atoms with Crippen LogP contribution in [0.25, 0.3) is 0 Å². The normalized spacial score (nSPS) is 11.3. The minimum absolute atomic E-state index is 0.836. The van der Waals surface area contributed by atoms with Crippen LogP contribution < -0.4 is 5.01 Å². The van der Waals surface area contributed by atoms with Crippen molar-refractivity contribution in [1.82, 2.24) is 15.0 Å². The highest BCUT2D eigenvalue weighted by atomic mass is 32.1. The second-order valence-corrected chi connectivity index (χ2v) is 5.06. The van der Waals surface area contributed by atoms with E-state index in [9.17, 15) is 0 Å². The van der Waals surface area contributed by atoms with Gasteiger partial charge in [0.25, 0.3) is 0 Å². The molecule has 0 aliphatic rings. The van der Waals surface area contributed by atoms with Gasteiger partial charge in [-0.05, 0) is 23.6 Å². The lowest BCUT2D eigenvalue weighted by Crippen LogP contribution is -2.40. The molecule has 0 spiro atoms. The Kier molecular flexibility index (Phi) is 4.25. The van der Waals surface area contributed by atoms with Crippen LogP contribution in [0.2, 0.25) is 0 Å². The Morgan fingerprint density at radius 1 is 1.29 bits per heavy atom. The van der Waals surface area contributed by atoms with Gasteiger partial charge in [0, 0.05) is 13.2 Å². The summed E-state index contributed by atoms with van der Waals surface area (Å²) in [6.07, 6.45) is 1.84. The molecule has 0 atom stereocenters. The standard InChI is InChI=1S/C13H17N3S/c1-15(10-12-6-3-4-8-14-12)16(2)11-13-7-5-9-17-13/h3-9H,10-11H2,1-2H3/q+1. The lowest BCUT2D eigenvalue weighted by Gasteiger charge is -2.16. The molecule has 0 bridgehead atoms. The highest BCUT2D eigenvalue weighted by Gasteiger charge is 2.17. The molecule has 4 heteroatoms. The smallest absolute Gasteiger partial charge is 0.179 e. The van der Waals surface area contributed by atoms with E-state index in [4.69, 9.17) is 0 Å². The summed E-state index contributed by atoms with van der Waals surface area (Å²) in [6, 6.07) is 10.3. The van der Waals surface area contributed by atoms with Crippen molar-refractivity contribution >= 4 is 11.3 Å². The molecule has 0 saturated carbocycles. The van der Waals surface area contributed by atoms with Crippen LogP contribution in [0.15, 0.2) is 41.9 Å². The number of hydrogen-bond donors (Lipinski definition) is 0. The quantitative estimate of drug-likeness (QED) is 0.598. The first kappa shape index (κ1) is 12.2. The first-order chi connectivity index (χ1) is 8.25. The second kappa shape index (κ2) is 5.91. The average Bonchev–Trinajstić information content (AvgIpc) is 2.83. The van der Waals surface area contributed by atoms with Crippen LogP contribution >= 0.6 is 11.3 Å². The van der Waals surface area contributed by atoms with Gasteiger partial charge in [-0.15, -0.1) is 16.3 Å². The van der Waals surface area contributed by atoms with Crippen molar-refractivity contribution in [3.8, 4) is 0 Å². The third kappa shape index (κ3) is 3.63. The SMILES string of the molecule is CN(Cc1ccccn1)[N+](C)Cc1cccs1. The van der Waals surface area contributed by atoms with Gasteiger partial charge in [0.05, 0.1) is 17.1 Å². The Morgan fingerprint density at radius 2 is 2.18 bits per heavy atom. The van der Waals surface area contributed by atoms with Gasteiger partial charge in [-0.25, -0.2) is 0 Å². The number of hydrazine groups is 1. The zero-order valence-corrected chi connectivity index (χ0v) is 11.0. The van der Waals surface area contributed by atoms with Gasteiger partial charge in [-0.1, -0.05) is 17.1 Å². The highest BCUT2D eigenvalue weighted by Crippen LogP contribution is 2.11. The predicted molar refractivity (Wildman–Crippen MR) is 71.8 cm³/mol. The summed E-state index contributed by atoms with van der Waals surface area (Å²) >= 11 is 1.79. The summed E-state index contributed by atoms with van der Waals surface area (Å²) in [5, 5.41) is 6.50. The van der Waals surface area contributed by atoms with Crippen LogP contribution in [0, 0.1) is 0 Å². The van der Waals surface area contributed by atoms with Gasteiger partial charge in [-0.3, -0.25) is 4.98 Å². The minimum atomic E-state index is 0.836. The average molecular weight is 247 g/mol. The van der Waals surface area contributed by atoms with Crippen molar-refractivity contribution in [2.75, 3.05) is 14.1 Å². The van der Waals surface area contributed by atoms with E-state index in [0.717, 1.165) is 18.8 Å².